The third-order valence-corrected chi connectivity index (χ3v) is 2.01. The van der Waals surface area contributed by atoms with Gasteiger partial charge in [-0.1, -0.05) is 51.1 Å². The Balaban J connectivity index is 2.93. The summed E-state index contributed by atoms with van der Waals surface area (Å²) in [5.41, 5.74) is 0.364. The highest BCUT2D eigenvalue weighted by Crippen LogP contribution is 2.18. The third-order valence-electron chi connectivity index (χ3n) is 2.01. The van der Waals surface area contributed by atoms with Gasteiger partial charge in [0.1, 0.15) is 0 Å². The molecule has 1 aromatic carbocycles. The molecule has 0 aliphatic heterocycles. The van der Waals surface area contributed by atoms with Crippen LogP contribution >= 0.6 is 0 Å². The van der Waals surface area contributed by atoms with Crippen molar-refractivity contribution < 1.29 is 4.79 Å². The van der Waals surface area contributed by atoms with E-state index < -0.39 is 0 Å². The normalized spacial score (nSPS) is 11.1. The van der Waals surface area contributed by atoms with Gasteiger partial charge in [0, 0.05) is 11.0 Å². The molecule has 1 aromatic rings. The third kappa shape index (κ3) is 2.28. The van der Waals surface area contributed by atoms with Crippen LogP contribution in [0.4, 0.5) is 0 Å². The molecular formula is C12H15NO. The first-order chi connectivity index (χ1) is 6.43. The Hall–Kier alpha value is -1.44. The van der Waals surface area contributed by atoms with E-state index in [0.29, 0.717) is 5.56 Å². The number of rotatable bonds is 2. The van der Waals surface area contributed by atoms with Gasteiger partial charge in [0.05, 0.1) is 5.71 Å². The number of ketones is 1. The Bertz CT molecular complexity index is 346. The largest absolute Gasteiger partial charge is 0.301 e. The Morgan fingerprint density at radius 1 is 1.14 bits per heavy atom. The maximum absolute atomic E-state index is 11.8. The average Bonchev–Trinajstić information content (AvgIpc) is 2.15. The summed E-state index contributed by atoms with van der Waals surface area (Å²) in [6, 6.07) is 8.95. The number of carbonyl (C=O) groups is 1. The van der Waals surface area contributed by atoms with Gasteiger partial charge in [-0.2, -0.15) is 0 Å². The van der Waals surface area contributed by atoms with Crippen molar-refractivity contribution in [3.05, 3.63) is 35.9 Å². The number of hydrogen-bond donors (Lipinski definition) is 1. The van der Waals surface area contributed by atoms with Crippen molar-refractivity contribution in [1.29, 1.82) is 5.41 Å². The molecule has 0 radical (unpaired) electrons. The molecule has 0 atom stereocenters. The molecule has 14 heavy (non-hydrogen) atoms. The van der Waals surface area contributed by atoms with Gasteiger partial charge < -0.3 is 5.41 Å². The first-order valence-corrected chi connectivity index (χ1v) is 4.61. The van der Waals surface area contributed by atoms with E-state index in [4.69, 9.17) is 5.41 Å². The minimum atomic E-state index is -0.382. The van der Waals surface area contributed by atoms with Crippen LogP contribution in [0.3, 0.4) is 0 Å². The summed E-state index contributed by atoms with van der Waals surface area (Å²) in [4.78, 5) is 11.8. The molecule has 0 amide bonds. The van der Waals surface area contributed by atoms with Gasteiger partial charge in [0.15, 0.2) is 0 Å². The minimum Gasteiger partial charge on any atom is -0.301 e. The van der Waals surface area contributed by atoms with Crippen molar-refractivity contribution in [2.75, 3.05) is 0 Å². The van der Waals surface area contributed by atoms with Gasteiger partial charge >= 0.3 is 0 Å². The number of nitrogens with one attached hydrogen (secondary N) is 1. The zero-order valence-electron chi connectivity index (χ0n) is 8.79. The summed E-state index contributed by atoms with van der Waals surface area (Å²) in [5.74, 6) is -0.182. The summed E-state index contributed by atoms with van der Waals surface area (Å²) in [7, 11) is 0. The van der Waals surface area contributed by atoms with Crippen molar-refractivity contribution in [2.45, 2.75) is 20.8 Å². The Morgan fingerprint density at radius 3 is 2.07 bits per heavy atom. The first-order valence-electron chi connectivity index (χ1n) is 4.61. The topological polar surface area (TPSA) is 40.9 Å². The lowest BCUT2D eigenvalue weighted by Crippen LogP contribution is -2.27. The molecule has 0 aliphatic carbocycles. The summed E-state index contributed by atoms with van der Waals surface area (Å²) >= 11 is 0. The SMILES string of the molecule is CC(C)(C)C(=N)C(=O)c1ccccc1. The molecule has 0 aliphatic rings. The highest BCUT2D eigenvalue weighted by molar-refractivity contribution is 6.46. The predicted octanol–water partition coefficient (Wildman–Crippen LogP) is 2.94. The molecule has 0 bridgehead atoms. The Labute approximate surface area is 84.5 Å². The molecule has 1 rings (SSSR count). The van der Waals surface area contributed by atoms with Crippen LogP contribution in [0.25, 0.3) is 0 Å². The monoisotopic (exact) mass is 189 g/mol. The van der Waals surface area contributed by atoms with Crippen LogP contribution in [0.2, 0.25) is 0 Å². The Kier molecular flexibility index (Phi) is 2.84. The van der Waals surface area contributed by atoms with Crippen LogP contribution in [0.15, 0.2) is 30.3 Å². The molecular weight excluding hydrogens is 174 g/mol. The lowest BCUT2D eigenvalue weighted by Gasteiger charge is -2.18. The smallest absolute Gasteiger partial charge is 0.207 e. The number of benzene rings is 1. The number of Topliss-reactive ketones (excluding diaryl/α,β-unsaturated/α-hetero) is 1. The molecule has 0 spiro atoms. The number of hydrogen-bond acceptors (Lipinski definition) is 2. The molecule has 0 aromatic heterocycles. The molecule has 2 heteroatoms. The van der Waals surface area contributed by atoms with Crippen LogP contribution in [-0.4, -0.2) is 11.5 Å². The van der Waals surface area contributed by atoms with Crippen molar-refractivity contribution in [3.8, 4) is 0 Å². The van der Waals surface area contributed by atoms with Crippen LogP contribution in [0.5, 0.6) is 0 Å². The maximum atomic E-state index is 11.8. The second-order valence-corrected chi connectivity index (χ2v) is 4.32. The van der Waals surface area contributed by atoms with Gasteiger partial charge in [-0.05, 0) is 0 Å². The standard InChI is InChI=1S/C12H15NO/c1-12(2,3)11(13)10(14)9-7-5-4-6-8-9/h4-8,13H,1-3H3. The van der Waals surface area contributed by atoms with E-state index in [2.05, 4.69) is 0 Å². The average molecular weight is 189 g/mol. The van der Waals surface area contributed by atoms with Crippen molar-refractivity contribution in [1.82, 2.24) is 0 Å². The lowest BCUT2D eigenvalue weighted by molar-refractivity contribution is 0.105. The van der Waals surface area contributed by atoms with Gasteiger partial charge in [0.25, 0.3) is 0 Å². The van der Waals surface area contributed by atoms with E-state index in [-0.39, 0.29) is 16.9 Å². The molecule has 0 unspecified atom stereocenters. The van der Waals surface area contributed by atoms with Crippen LogP contribution in [0, 0.1) is 10.8 Å². The fourth-order valence-corrected chi connectivity index (χ4v) is 1.07. The molecule has 0 saturated heterocycles. The van der Waals surface area contributed by atoms with Crippen LogP contribution < -0.4 is 0 Å². The zero-order valence-corrected chi connectivity index (χ0v) is 8.79. The lowest BCUT2D eigenvalue weighted by atomic mass is 9.85. The molecule has 2 nitrogen and oxygen atoms in total. The molecule has 0 heterocycles. The minimum absolute atomic E-state index is 0.156. The van der Waals surface area contributed by atoms with Crippen molar-refractivity contribution in [2.24, 2.45) is 5.41 Å². The van der Waals surface area contributed by atoms with Crippen LogP contribution in [0.1, 0.15) is 31.1 Å². The van der Waals surface area contributed by atoms with E-state index in [1.807, 2.05) is 39.0 Å². The van der Waals surface area contributed by atoms with Crippen LogP contribution in [-0.2, 0) is 0 Å². The number of carbonyl (C=O) groups excluding carboxylic acids is 1. The van der Waals surface area contributed by atoms with E-state index in [0.717, 1.165) is 0 Å². The predicted molar refractivity (Wildman–Crippen MR) is 58.0 cm³/mol. The summed E-state index contributed by atoms with van der Waals surface area (Å²) in [6.07, 6.45) is 0. The fourth-order valence-electron chi connectivity index (χ4n) is 1.07. The van der Waals surface area contributed by atoms with E-state index in [9.17, 15) is 4.79 Å². The molecule has 0 saturated carbocycles. The second-order valence-electron chi connectivity index (χ2n) is 4.32. The zero-order chi connectivity index (χ0) is 10.8. The van der Waals surface area contributed by atoms with Gasteiger partial charge in [-0.25, -0.2) is 0 Å². The van der Waals surface area contributed by atoms with E-state index >= 15 is 0 Å². The van der Waals surface area contributed by atoms with E-state index in [1.54, 1.807) is 12.1 Å². The molecule has 1 N–H and O–H groups in total. The highest BCUT2D eigenvalue weighted by Gasteiger charge is 2.24. The maximum Gasteiger partial charge on any atom is 0.207 e. The second kappa shape index (κ2) is 3.74. The Morgan fingerprint density at radius 2 is 1.64 bits per heavy atom. The summed E-state index contributed by atoms with van der Waals surface area (Å²) in [5, 5.41) is 7.73. The first kappa shape index (κ1) is 10.6. The molecule has 0 fully saturated rings. The van der Waals surface area contributed by atoms with Gasteiger partial charge in [0.2, 0.25) is 5.78 Å². The fraction of sp³-hybridized carbons (Fsp3) is 0.333. The van der Waals surface area contributed by atoms with Crippen molar-refractivity contribution >= 4 is 11.5 Å². The highest BCUT2D eigenvalue weighted by atomic mass is 16.1. The van der Waals surface area contributed by atoms with E-state index in [1.165, 1.54) is 0 Å². The summed E-state index contributed by atoms with van der Waals surface area (Å²) < 4.78 is 0. The van der Waals surface area contributed by atoms with Gasteiger partial charge in [-0.15, -0.1) is 0 Å². The summed E-state index contributed by atoms with van der Waals surface area (Å²) in [6.45, 7) is 5.61. The van der Waals surface area contributed by atoms with Crippen molar-refractivity contribution in [3.63, 3.8) is 0 Å². The molecule has 74 valence electrons. The van der Waals surface area contributed by atoms with Gasteiger partial charge in [-0.3, -0.25) is 4.79 Å². The quantitative estimate of drug-likeness (QED) is 0.564.